The summed E-state index contributed by atoms with van der Waals surface area (Å²) in [7, 11) is 0. The molecule has 0 radical (unpaired) electrons. The maximum atomic E-state index is 14.6. The van der Waals surface area contributed by atoms with Crippen LogP contribution in [0.15, 0.2) is 32.9 Å². The van der Waals surface area contributed by atoms with Gasteiger partial charge in [-0.2, -0.15) is 0 Å². The van der Waals surface area contributed by atoms with Crippen LogP contribution in [0.4, 0.5) is 0 Å². The Morgan fingerprint density at radius 3 is 1.80 bits per heavy atom. The van der Waals surface area contributed by atoms with E-state index in [1.807, 2.05) is 0 Å². The molecule has 1 saturated heterocycles. The van der Waals surface area contributed by atoms with E-state index >= 15 is 0 Å². The van der Waals surface area contributed by atoms with Crippen LogP contribution in [0, 0.1) is 10.8 Å². The van der Waals surface area contributed by atoms with Gasteiger partial charge >= 0.3 is 230 Å². The number of fused-ring (bicyclic) bond motifs is 2. The van der Waals surface area contributed by atoms with Crippen molar-refractivity contribution in [2.45, 2.75) is 51.6 Å². The van der Waals surface area contributed by atoms with Gasteiger partial charge in [0.05, 0.1) is 0 Å². The third-order valence-electron chi connectivity index (χ3n) is 8.63. The zero-order valence-electron chi connectivity index (χ0n) is 21.9. The summed E-state index contributed by atoms with van der Waals surface area (Å²) >= 11 is 0. The molecule has 0 N–H and O–H groups in total. The van der Waals surface area contributed by atoms with E-state index in [-0.39, 0.29) is 19.3 Å². The van der Waals surface area contributed by atoms with E-state index in [1.165, 1.54) is 30.7 Å². The van der Waals surface area contributed by atoms with E-state index in [4.69, 9.17) is 4.52 Å². The number of unbranched alkanes of at least 4 members (excludes halogenated alkanes) is 1. The number of ketones is 4. The van der Waals surface area contributed by atoms with Crippen LogP contribution >= 0.6 is 6.83 Å². The summed E-state index contributed by atoms with van der Waals surface area (Å²) in [6.07, 6.45) is -1.00. The van der Waals surface area contributed by atoms with Gasteiger partial charge in [0, 0.05) is 0 Å². The maximum absolute atomic E-state index is 14.6. The molecule has 3 unspecified atom stereocenters. The van der Waals surface area contributed by atoms with Crippen LogP contribution in [0.3, 0.4) is 0 Å². The molecular weight excluding hydrogens is 559 g/mol. The molecule has 1 heterocycles. The Balaban J connectivity index is 2.47. The van der Waals surface area contributed by atoms with Crippen molar-refractivity contribution in [2.24, 2.45) is 10.8 Å². The molecule has 0 amide bonds. The first-order chi connectivity index (χ1) is 19.4. The van der Waals surface area contributed by atoms with Crippen LogP contribution in [0.1, 0.15) is 46.5 Å². The SMILES string of the molecule is CCCCP1(OC(C)=O)(C(=C=O)CCC)C(=C=O)C(=C=O)C(=C=O)C(=C=O)C(=O)C12C(=O)C21C(=O)C12C(=O)C2=C=O. The number of carbonyl (C=O) groups is 5. The van der Waals surface area contributed by atoms with Gasteiger partial charge in [-0.15, -0.1) is 0 Å². The fraction of sp³-hybridized carbons (Fsp3) is 0.393. The Kier molecular flexibility index (Phi) is 6.35. The summed E-state index contributed by atoms with van der Waals surface area (Å²) in [6, 6.07) is 0. The quantitative estimate of drug-likeness (QED) is 0.171. The standard InChI is InChI=1S/C28H19O12P/c1-4-6-8-41(40-15(3)35,16(9-29)7-5-2)21(14-34)18(11-31)17(10-30)19(12-32)22(36)28(41)25(39)27(28)24(38)26(27)20(13-33)23(26)37/h4-8H2,1-3H3. The number of Topliss-reactive ketones (excluding diaryl/α,β-unsaturated/α-hetero) is 4. The van der Waals surface area contributed by atoms with E-state index in [1.54, 1.807) is 12.9 Å². The van der Waals surface area contributed by atoms with Gasteiger partial charge in [-0.25, -0.2) is 0 Å². The first-order valence-corrected chi connectivity index (χ1v) is 14.7. The first kappa shape index (κ1) is 29.3. The molecule has 0 aromatic rings. The van der Waals surface area contributed by atoms with Crippen molar-refractivity contribution in [3.63, 3.8) is 0 Å². The van der Waals surface area contributed by atoms with Gasteiger partial charge in [-0.05, 0) is 0 Å². The van der Waals surface area contributed by atoms with E-state index in [2.05, 4.69) is 0 Å². The Hall–Kier alpha value is -4.72. The van der Waals surface area contributed by atoms with E-state index in [0.717, 1.165) is 12.9 Å². The van der Waals surface area contributed by atoms with Gasteiger partial charge in [-0.3, -0.25) is 0 Å². The third kappa shape index (κ3) is 2.53. The topological polar surface area (TPSA) is 197 Å². The predicted molar refractivity (Wildman–Crippen MR) is 136 cm³/mol. The van der Waals surface area contributed by atoms with Crippen molar-refractivity contribution in [3.05, 3.63) is 32.9 Å². The summed E-state index contributed by atoms with van der Waals surface area (Å²) in [4.78, 5) is 143. The molecule has 13 heteroatoms. The molecule has 3 saturated carbocycles. The average molecular weight is 578 g/mol. The first-order valence-electron chi connectivity index (χ1n) is 12.4. The number of rotatable bonds is 7. The Morgan fingerprint density at radius 1 is 0.780 bits per heavy atom. The minimum absolute atomic E-state index is 0.0395. The van der Waals surface area contributed by atoms with Crippen LogP contribution in [0.2, 0.25) is 0 Å². The van der Waals surface area contributed by atoms with Crippen LogP contribution in [-0.2, 0) is 57.3 Å². The van der Waals surface area contributed by atoms with E-state index in [0.29, 0.717) is 0 Å². The van der Waals surface area contributed by atoms with Gasteiger partial charge in [0.2, 0.25) is 0 Å². The van der Waals surface area contributed by atoms with Crippen molar-refractivity contribution in [2.75, 3.05) is 6.16 Å². The monoisotopic (exact) mass is 578 g/mol. The van der Waals surface area contributed by atoms with Crippen molar-refractivity contribution >= 4 is 71.6 Å². The number of hydrogen-bond acceptors (Lipinski definition) is 12. The normalized spacial score (nSPS) is 30.7. The van der Waals surface area contributed by atoms with Crippen molar-refractivity contribution in [3.8, 4) is 0 Å². The Bertz CT molecular complexity index is 1780. The Labute approximate surface area is 230 Å². The molecule has 0 aromatic heterocycles. The second kappa shape index (κ2) is 8.89. The molecule has 41 heavy (non-hydrogen) atoms. The van der Waals surface area contributed by atoms with Gasteiger partial charge in [0.15, 0.2) is 0 Å². The summed E-state index contributed by atoms with van der Waals surface area (Å²) in [5, 5.41) is -4.93. The number of hydrogen-bond donors (Lipinski definition) is 0. The van der Waals surface area contributed by atoms with Crippen LogP contribution in [0.25, 0.3) is 0 Å². The van der Waals surface area contributed by atoms with Crippen LogP contribution < -0.4 is 0 Å². The molecule has 3 spiro atoms. The summed E-state index contributed by atoms with van der Waals surface area (Å²) in [5.74, 6) is 1.03. The molecule has 4 aliphatic rings. The summed E-state index contributed by atoms with van der Waals surface area (Å²) in [5.41, 5.74) is -9.78. The molecule has 3 atom stereocenters. The summed E-state index contributed by atoms with van der Waals surface area (Å²) < 4.78 is 5.94. The predicted octanol–water partition coefficient (Wildman–Crippen LogP) is 0.123. The van der Waals surface area contributed by atoms with Crippen molar-refractivity contribution in [1.29, 1.82) is 0 Å². The number of allylic oxidation sites excluding steroid dienone is 6. The molecule has 0 bridgehead atoms. The molecular formula is C28H19O12P. The van der Waals surface area contributed by atoms with E-state index < -0.39 is 97.4 Å². The Morgan fingerprint density at radius 2 is 1.39 bits per heavy atom. The minimum atomic E-state index is -6.15. The molecule has 4 fully saturated rings. The van der Waals surface area contributed by atoms with Gasteiger partial charge in [0.1, 0.15) is 0 Å². The molecule has 208 valence electrons. The number of carbonyl (C=O) groups excluding carboxylic acids is 11. The molecule has 4 rings (SSSR count). The van der Waals surface area contributed by atoms with Gasteiger partial charge in [-0.1, -0.05) is 0 Å². The van der Waals surface area contributed by atoms with Crippen LogP contribution in [0.5, 0.6) is 0 Å². The molecule has 0 aromatic carbocycles. The van der Waals surface area contributed by atoms with Gasteiger partial charge in [0.25, 0.3) is 0 Å². The van der Waals surface area contributed by atoms with Gasteiger partial charge < -0.3 is 0 Å². The zero-order valence-corrected chi connectivity index (χ0v) is 22.8. The molecule has 1 aliphatic heterocycles. The second-order valence-electron chi connectivity index (χ2n) is 10.1. The van der Waals surface area contributed by atoms with E-state index in [9.17, 15) is 52.7 Å². The van der Waals surface area contributed by atoms with Crippen molar-refractivity contribution in [1.82, 2.24) is 0 Å². The second-order valence-corrected chi connectivity index (χ2v) is 14.8. The average Bonchev–Trinajstić information content (AvgIpc) is 3.86. The fourth-order valence-corrected chi connectivity index (χ4v) is 14.8. The third-order valence-corrected chi connectivity index (χ3v) is 15.3. The summed E-state index contributed by atoms with van der Waals surface area (Å²) in [6.45, 7) is -2.20. The van der Waals surface area contributed by atoms with Crippen LogP contribution in [-0.4, -0.2) is 76.1 Å². The molecule has 3 aliphatic carbocycles. The molecule has 12 nitrogen and oxygen atoms in total. The van der Waals surface area contributed by atoms with Crippen molar-refractivity contribution < 1.29 is 57.3 Å². The zero-order chi connectivity index (χ0) is 30.8. The fourth-order valence-electron chi connectivity index (χ4n) is 7.18.